The van der Waals surface area contributed by atoms with E-state index in [2.05, 4.69) is 55.4 Å². The molecule has 1 saturated heterocycles. The number of benzene rings is 2. The molecule has 1 aliphatic rings. The highest BCUT2D eigenvalue weighted by Gasteiger charge is 2.21. The molecule has 0 unspecified atom stereocenters. The molecule has 0 spiro atoms. The number of rotatable bonds is 6. The number of likely N-dealkylation sites (tertiary alicyclic amines) is 1. The van der Waals surface area contributed by atoms with Crippen LogP contribution in [0, 0.1) is 5.92 Å². The van der Waals surface area contributed by atoms with Crippen LogP contribution in [0.3, 0.4) is 0 Å². The Morgan fingerprint density at radius 1 is 1.12 bits per heavy atom. The largest absolute Gasteiger partial charge is 0.410 e. The third-order valence-electron chi connectivity index (χ3n) is 6.03. The zero-order valence-electron chi connectivity index (χ0n) is 17.8. The van der Waals surface area contributed by atoms with E-state index in [4.69, 9.17) is 10.5 Å². The van der Waals surface area contributed by atoms with Gasteiger partial charge in [0.2, 0.25) is 0 Å². The summed E-state index contributed by atoms with van der Waals surface area (Å²) < 4.78 is 4.95. The Morgan fingerprint density at radius 2 is 1.94 bits per heavy atom. The first-order valence-corrected chi connectivity index (χ1v) is 10.9. The molecule has 32 heavy (non-hydrogen) atoms. The van der Waals surface area contributed by atoms with Crippen LogP contribution < -0.4 is 10.5 Å². The SMILES string of the molecule is NC(=O)Oc1ccc2[nH]c(-c3n[nH]c(CN4CCC(Cc5ccccc5)CC4)n3)cc2c1. The van der Waals surface area contributed by atoms with Crippen molar-refractivity contribution in [2.45, 2.75) is 25.8 Å². The molecule has 1 fully saturated rings. The first-order valence-electron chi connectivity index (χ1n) is 10.9. The number of aromatic amines is 2. The lowest BCUT2D eigenvalue weighted by Crippen LogP contribution is -2.34. The zero-order valence-corrected chi connectivity index (χ0v) is 17.8. The molecule has 3 heterocycles. The number of piperidine rings is 1. The van der Waals surface area contributed by atoms with Gasteiger partial charge in [-0.1, -0.05) is 30.3 Å². The number of hydrogen-bond donors (Lipinski definition) is 3. The van der Waals surface area contributed by atoms with Crippen molar-refractivity contribution in [1.82, 2.24) is 25.1 Å². The number of nitrogens with zero attached hydrogens (tertiary/aromatic N) is 3. The highest BCUT2D eigenvalue weighted by molar-refractivity contribution is 5.86. The Morgan fingerprint density at radius 3 is 2.72 bits per heavy atom. The van der Waals surface area contributed by atoms with Crippen molar-refractivity contribution >= 4 is 17.0 Å². The summed E-state index contributed by atoms with van der Waals surface area (Å²) in [4.78, 5) is 21.4. The van der Waals surface area contributed by atoms with Gasteiger partial charge >= 0.3 is 6.09 Å². The number of hydrogen-bond acceptors (Lipinski definition) is 5. The lowest BCUT2D eigenvalue weighted by Gasteiger charge is -2.31. The molecule has 0 atom stereocenters. The van der Waals surface area contributed by atoms with Gasteiger partial charge in [-0.15, -0.1) is 0 Å². The molecule has 164 valence electrons. The number of H-pyrrole nitrogens is 2. The Bertz CT molecular complexity index is 1210. The van der Waals surface area contributed by atoms with E-state index in [-0.39, 0.29) is 0 Å². The molecular weight excluding hydrogens is 404 g/mol. The molecule has 2 aromatic heterocycles. The Labute approximate surface area is 185 Å². The number of carbonyl (C=O) groups is 1. The maximum absolute atomic E-state index is 11.0. The minimum atomic E-state index is -0.831. The number of carbonyl (C=O) groups excluding carboxylic acids is 1. The summed E-state index contributed by atoms with van der Waals surface area (Å²) in [5, 5.41) is 8.36. The summed E-state index contributed by atoms with van der Waals surface area (Å²) in [6.07, 6.45) is 2.73. The number of primary amides is 1. The van der Waals surface area contributed by atoms with Gasteiger partial charge in [-0.2, -0.15) is 5.10 Å². The molecule has 4 N–H and O–H groups in total. The fourth-order valence-electron chi connectivity index (χ4n) is 4.41. The number of amides is 1. The van der Waals surface area contributed by atoms with Crippen LogP contribution in [0.25, 0.3) is 22.4 Å². The lowest BCUT2D eigenvalue weighted by atomic mass is 9.90. The van der Waals surface area contributed by atoms with Crippen molar-refractivity contribution < 1.29 is 9.53 Å². The normalized spacial score (nSPS) is 15.2. The molecule has 0 aliphatic carbocycles. The van der Waals surface area contributed by atoms with E-state index in [9.17, 15) is 4.79 Å². The van der Waals surface area contributed by atoms with E-state index in [0.717, 1.165) is 54.4 Å². The molecule has 0 saturated carbocycles. The van der Waals surface area contributed by atoms with Crippen LogP contribution in [0.1, 0.15) is 24.2 Å². The van der Waals surface area contributed by atoms with E-state index < -0.39 is 6.09 Å². The molecular formula is C24H26N6O2. The van der Waals surface area contributed by atoms with Crippen LogP contribution in [0.5, 0.6) is 5.75 Å². The number of aromatic nitrogens is 4. The van der Waals surface area contributed by atoms with Crippen molar-refractivity contribution in [1.29, 1.82) is 0 Å². The second kappa shape index (κ2) is 8.84. The third-order valence-corrected chi connectivity index (χ3v) is 6.03. The zero-order chi connectivity index (χ0) is 21.9. The van der Waals surface area contributed by atoms with Crippen molar-refractivity contribution in [3.8, 4) is 17.3 Å². The average molecular weight is 431 g/mol. The van der Waals surface area contributed by atoms with Gasteiger partial charge in [0.05, 0.1) is 12.2 Å². The van der Waals surface area contributed by atoms with E-state index in [1.807, 2.05) is 12.1 Å². The second-order valence-corrected chi connectivity index (χ2v) is 8.37. The second-order valence-electron chi connectivity index (χ2n) is 8.37. The van der Waals surface area contributed by atoms with Crippen molar-refractivity contribution in [2.75, 3.05) is 13.1 Å². The lowest BCUT2D eigenvalue weighted by molar-refractivity contribution is 0.173. The van der Waals surface area contributed by atoms with Gasteiger partial charge in [-0.25, -0.2) is 9.78 Å². The minimum Gasteiger partial charge on any atom is -0.410 e. The number of ether oxygens (including phenoxy) is 1. The first-order chi connectivity index (χ1) is 15.6. The van der Waals surface area contributed by atoms with Crippen LogP contribution in [0.15, 0.2) is 54.6 Å². The minimum absolute atomic E-state index is 0.405. The summed E-state index contributed by atoms with van der Waals surface area (Å²) in [5.41, 5.74) is 8.23. The number of fused-ring (bicyclic) bond motifs is 1. The van der Waals surface area contributed by atoms with Gasteiger partial charge in [0.1, 0.15) is 11.6 Å². The van der Waals surface area contributed by atoms with Crippen LogP contribution in [0.2, 0.25) is 0 Å². The maximum atomic E-state index is 11.0. The molecule has 8 heteroatoms. The van der Waals surface area contributed by atoms with Gasteiger partial charge < -0.3 is 15.5 Å². The molecule has 4 aromatic rings. The van der Waals surface area contributed by atoms with Crippen LogP contribution in [-0.4, -0.2) is 44.2 Å². The number of nitrogens with two attached hydrogens (primary N) is 1. The summed E-state index contributed by atoms with van der Waals surface area (Å²) in [6.45, 7) is 2.91. The van der Waals surface area contributed by atoms with Crippen LogP contribution >= 0.6 is 0 Å². The third kappa shape index (κ3) is 4.65. The first kappa shape index (κ1) is 20.3. The Kier molecular flexibility index (Phi) is 5.60. The van der Waals surface area contributed by atoms with Gasteiger partial charge in [-0.05, 0) is 68.1 Å². The smallest absolute Gasteiger partial charge is 0.409 e. The quantitative estimate of drug-likeness (QED) is 0.430. The van der Waals surface area contributed by atoms with Gasteiger partial charge in [-0.3, -0.25) is 10.00 Å². The maximum Gasteiger partial charge on any atom is 0.409 e. The van der Waals surface area contributed by atoms with E-state index in [0.29, 0.717) is 11.6 Å². The van der Waals surface area contributed by atoms with Crippen molar-refractivity contribution in [3.63, 3.8) is 0 Å². The van der Waals surface area contributed by atoms with Crippen molar-refractivity contribution in [3.05, 3.63) is 66.0 Å². The molecule has 8 nitrogen and oxygen atoms in total. The fraction of sp³-hybridized carbons (Fsp3) is 0.292. The molecule has 2 aromatic carbocycles. The van der Waals surface area contributed by atoms with Gasteiger partial charge in [0.25, 0.3) is 0 Å². The van der Waals surface area contributed by atoms with E-state index >= 15 is 0 Å². The van der Waals surface area contributed by atoms with Gasteiger partial charge in [0, 0.05) is 10.9 Å². The van der Waals surface area contributed by atoms with Crippen LogP contribution in [-0.2, 0) is 13.0 Å². The summed E-state index contributed by atoms with van der Waals surface area (Å²) in [6, 6.07) is 18.0. The topological polar surface area (TPSA) is 113 Å². The summed E-state index contributed by atoms with van der Waals surface area (Å²) in [5.74, 6) is 2.63. The van der Waals surface area contributed by atoms with Gasteiger partial charge in [0.15, 0.2) is 5.82 Å². The monoisotopic (exact) mass is 430 g/mol. The highest BCUT2D eigenvalue weighted by atomic mass is 16.5. The summed E-state index contributed by atoms with van der Waals surface area (Å²) >= 11 is 0. The summed E-state index contributed by atoms with van der Waals surface area (Å²) in [7, 11) is 0. The molecule has 1 aliphatic heterocycles. The fourth-order valence-corrected chi connectivity index (χ4v) is 4.41. The molecule has 0 bridgehead atoms. The predicted octanol–water partition coefficient (Wildman–Crippen LogP) is 3.87. The van der Waals surface area contributed by atoms with E-state index in [1.54, 1.807) is 12.1 Å². The Hall–Kier alpha value is -3.65. The predicted molar refractivity (Wildman–Crippen MR) is 122 cm³/mol. The number of nitrogens with one attached hydrogen (secondary N) is 2. The van der Waals surface area contributed by atoms with E-state index in [1.165, 1.54) is 18.4 Å². The molecule has 5 rings (SSSR count). The highest BCUT2D eigenvalue weighted by Crippen LogP contribution is 2.26. The average Bonchev–Trinajstić information content (AvgIpc) is 3.42. The van der Waals surface area contributed by atoms with Crippen molar-refractivity contribution in [2.24, 2.45) is 11.7 Å². The standard InChI is InChI=1S/C24H26N6O2/c25-24(31)32-19-6-7-20-18(13-19)14-21(26-20)23-27-22(28-29-23)15-30-10-8-17(9-11-30)12-16-4-2-1-3-5-16/h1-7,13-14,17,26H,8-12,15H2,(H2,25,31)(H,27,28,29). The molecule has 1 amide bonds. The Balaban J connectivity index is 1.19. The molecule has 0 radical (unpaired) electrons. The van der Waals surface area contributed by atoms with Crippen LogP contribution in [0.4, 0.5) is 4.79 Å².